The molecule has 174 valence electrons. The van der Waals surface area contributed by atoms with Crippen LogP contribution in [0.4, 0.5) is 0 Å². The maximum Gasteiger partial charge on any atom is 0.291 e. The molecule has 0 aliphatic heterocycles. The van der Waals surface area contributed by atoms with Gasteiger partial charge in [0.15, 0.2) is 17.3 Å². The van der Waals surface area contributed by atoms with Crippen molar-refractivity contribution in [3.8, 4) is 23.1 Å². The minimum Gasteiger partial charge on any atom is -0.493 e. The van der Waals surface area contributed by atoms with Crippen molar-refractivity contribution < 1.29 is 13.9 Å². The first kappa shape index (κ1) is 22.2. The average molecular weight is 476 g/mol. The summed E-state index contributed by atoms with van der Waals surface area (Å²) >= 11 is 1.29. The molecule has 0 bridgehead atoms. The van der Waals surface area contributed by atoms with E-state index >= 15 is 0 Å². The maximum absolute atomic E-state index is 13.0. The molecule has 0 aliphatic carbocycles. The van der Waals surface area contributed by atoms with Crippen molar-refractivity contribution in [2.45, 2.75) is 27.2 Å². The second-order valence-corrected chi connectivity index (χ2v) is 9.55. The predicted octanol–water partition coefficient (Wildman–Crippen LogP) is 4.85. The normalized spacial score (nSPS) is 12.3. The monoisotopic (exact) mass is 475 g/mol. The second-order valence-electron chi connectivity index (χ2n) is 8.54. The van der Waals surface area contributed by atoms with Crippen molar-refractivity contribution >= 4 is 33.3 Å². The molecule has 0 aliphatic rings. The number of para-hydroxylation sites is 1. The molecule has 5 aromatic rings. The highest BCUT2D eigenvalue weighted by atomic mass is 32.1. The zero-order valence-electron chi connectivity index (χ0n) is 19.5. The van der Waals surface area contributed by atoms with Crippen molar-refractivity contribution in [3.63, 3.8) is 0 Å². The number of furan rings is 1. The van der Waals surface area contributed by atoms with Crippen LogP contribution in [0.15, 0.2) is 51.7 Å². The Hall–Kier alpha value is -3.65. The highest BCUT2D eigenvalue weighted by Gasteiger charge is 2.19. The van der Waals surface area contributed by atoms with Gasteiger partial charge < -0.3 is 13.9 Å². The summed E-state index contributed by atoms with van der Waals surface area (Å²) in [5, 5.41) is 5.45. The highest BCUT2D eigenvalue weighted by Crippen LogP contribution is 2.31. The van der Waals surface area contributed by atoms with Gasteiger partial charge in [-0.1, -0.05) is 49.4 Å². The van der Waals surface area contributed by atoms with Crippen molar-refractivity contribution in [2.24, 2.45) is 5.92 Å². The number of methoxy groups -OCH3 is 1. The van der Waals surface area contributed by atoms with Crippen molar-refractivity contribution in [1.29, 1.82) is 0 Å². The molecule has 0 radical (unpaired) electrons. The maximum atomic E-state index is 13.0. The number of aromatic nitrogens is 3. The van der Waals surface area contributed by atoms with Crippen LogP contribution in [0.25, 0.3) is 33.6 Å². The summed E-state index contributed by atoms with van der Waals surface area (Å²) in [6.45, 7) is 6.92. The Morgan fingerprint density at radius 1 is 1.18 bits per heavy atom. The number of rotatable bonds is 7. The molecule has 8 heteroatoms. The van der Waals surface area contributed by atoms with Gasteiger partial charge in [0, 0.05) is 10.9 Å². The number of fused-ring (bicyclic) bond motifs is 2. The van der Waals surface area contributed by atoms with Gasteiger partial charge in [-0.05, 0) is 49.1 Å². The molecule has 0 amide bonds. The second kappa shape index (κ2) is 8.95. The number of ether oxygens (including phenoxy) is 2. The standard InChI is InChI=1S/C26H25N3O4S/c1-15(2)11-12-32-20-10-9-17(13-21(20)31-4)14-22-25(30)29-26(34-22)27-24(28-29)23-16(3)18-7-5-6-8-19(18)33-23/h5-10,13-15H,11-12H2,1-4H3/b22-14+. The molecule has 34 heavy (non-hydrogen) atoms. The molecule has 0 saturated carbocycles. The zero-order chi connectivity index (χ0) is 23.8. The fourth-order valence-corrected chi connectivity index (χ4v) is 4.67. The van der Waals surface area contributed by atoms with E-state index in [1.165, 1.54) is 15.9 Å². The minimum atomic E-state index is -0.219. The van der Waals surface area contributed by atoms with Gasteiger partial charge in [-0.25, -0.2) is 0 Å². The lowest BCUT2D eigenvalue weighted by atomic mass is 10.1. The average Bonchev–Trinajstić information content (AvgIpc) is 3.47. The first-order valence-electron chi connectivity index (χ1n) is 11.1. The summed E-state index contributed by atoms with van der Waals surface area (Å²) in [6.07, 6.45) is 2.78. The van der Waals surface area contributed by atoms with Crippen LogP contribution in [-0.4, -0.2) is 28.3 Å². The molecule has 0 unspecified atom stereocenters. The Labute approximate surface area is 200 Å². The third kappa shape index (κ3) is 4.05. The molecule has 0 N–H and O–H groups in total. The van der Waals surface area contributed by atoms with Crippen LogP contribution in [-0.2, 0) is 0 Å². The third-order valence-electron chi connectivity index (χ3n) is 5.67. The molecule has 3 heterocycles. The number of hydrogen-bond donors (Lipinski definition) is 0. The summed E-state index contributed by atoms with van der Waals surface area (Å²) in [5.74, 6) is 2.88. The van der Waals surface area contributed by atoms with E-state index < -0.39 is 0 Å². The van der Waals surface area contributed by atoms with Crippen LogP contribution in [0.5, 0.6) is 11.5 Å². The molecule has 0 saturated heterocycles. The number of aryl methyl sites for hydroxylation is 1. The Morgan fingerprint density at radius 2 is 2.00 bits per heavy atom. The molecule has 7 nitrogen and oxygen atoms in total. The first-order valence-corrected chi connectivity index (χ1v) is 12.0. The van der Waals surface area contributed by atoms with Gasteiger partial charge in [0.25, 0.3) is 5.56 Å². The van der Waals surface area contributed by atoms with E-state index in [-0.39, 0.29) is 5.56 Å². The van der Waals surface area contributed by atoms with Crippen molar-refractivity contribution in [2.75, 3.05) is 13.7 Å². The first-order chi connectivity index (χ1) is 16.4. The van der Waals surface area contributed by atoms with Gasteiger partial charge in [-0.3, -0.25) is 4.79 Å². The van der Waals surface area contributed by atoms with E-state index in [1.54, 1.807) is 7.11 Å². The summed E-state index contributed by atoms with van der Waals surface area (Å²) in [4.78, 5) is 18.1. The van der Waals surface area contributed by atoms with Gasteiger partial charge in [-0.15, -0.1) is 5.10 Å². The summed E-state index contributed by atoms with van der Waals surface area (Å²) in [7, 11) is 1.61. The molecule has 0 atom stereocenters. The van der Waals surface area contributed by atoms with E-state index in [1.807, 2.05) is 55.5 Å². The van der Waals surface area contributed by atoms with Crippen molar-refractivity contribution in [1.82, 2.24) is 14.6 Å². The molecular weight excluding hydrogens is 450 g/mol. The van der Waals surface area contributed by atoms with Gasteiger partial charge in [-0.2, -0.15) is 9.50 Å². The van der Waals surface area contributed by atoms with Gasteiger partial charge in [0.05, 0.1) is 18.2 Å². The van der Waals surface area contributed by atoms with Crippen LogP contribution in [0.2, 0.25) is 0 Å². The molecule has 0 spiro atoms. The fraction of sp³-hybridized carbons (Fsp3) is 0.269. The van der Waals surface area contributed by atoms with Crippen LogP contribution < -0.4 is 19.6 Å². The topological polar surface area (TPSA) is 78.9 Å². The van der Waals surface area contributed by atoms with E-state index in [0.717, 1.165) is 28.5 Å². The minimum absolute atomic E-state index is 0.219. The molecule has 5 rings (SSSR count). The summed E-state index contributed by atoms with van der Waals surface area (Å²) in [6, 6.07) is 13.4. The largest absolute Gasteiger partial charge is 0.493 e. The van der Waals surface area contributed by atoms with Gasteiger partial charge >= 0.3 is 0 Å². The Kier molecular flexibility index (Phi) is 5.83. The van der Waals surface area contributed by atoms with Gasteiger partial charge in [0.2, 0.25) is 10.8 Å². The van der Waals surface area contributed by atoms with Crippen LogP contribution >= 0.6 is 11.3 Å². The van der Waals surface area contributed by atoms with E-state index in [2.05, 4.69) is 23.9 Å². The van der Waals surface area contributed by atoms with Crippen LogP contribution in [0.1, 0.15) is 31.4 Å². The van der Waals surface area contributed by atoms with E-state index in [0.29, 0.717) is 45.1 Å². The highest BCUT2D eigenvalue weighted by molar-refractivity contribution is 7.15. The molecule has 3 aromatic heterocycles. The van der Waals surface area contributed by atoms with Crippen LogP contribution in [0.3, 0.4) is 0 Å². The lowest BCUT2D eigenvalue weighted by Gasteiger charge is -2.12. The smallest absolute Gasteiger partial charge is 0.291 e. The quantitative estimate of drug-likeness (QED) is 0.335. The zero-order valence-corrected chi connectivity index (χ0v) is 20.3. The number of nitrogens with zero attached hydrogens (tertiary/aromatic N) is 3. The Balaban J connectivity index is 1.47. The fourth-order valence-electron chi connectivity index (χ4n) is 3.77. The van der Waals surface area contributed by atoms with E-state index in [9.17, 15) is 4.79 Å². The summed E-state index contributed by atoms with van der Waals surface area (Å²) < 4.78 is 19.2. The third-order valence-corrected chi connectivity index (χ3v) is 6.63. The SMILES string of the molecule is COc1cc(/C=c2/sc3nc(-c4oc5ccccc5c4C)nn3c2=O)ccc1OCCC(C)C. The number of thiazole rings is 1. The molecular formula is C26H25N3O4S. The van der Waals surface area contributed by atoms with E-state index in [4.69, 9.17) is 13.9 Å². The molecule has 2 aromatic carbocycles. The Bertz CT molecular complexity index is 1600. The Morgan fingerprint density at radius 3 is 2.74 bits per heavy atom. The molecule has 0 fully saturated rings. The van der Waals surface area contributed by atoms with Crippen molar-refractivity contribution in [3.05, 3.63) is 68.5 Å². The lowest BCUT2D eigenvalue weighted by molar-refractivity contribution is 0.273. The summed E-state index contributed by atoms with van der Waals surface area (Å²) in [5.41, 5.74) is 2.35. The number of benzene rings is 2. The van der Waals surface area contributed by atoms with Gasteiger partial charge in [0.1, 0.15) is 5.58 Å². The van der Waals surface area contributed by atoms with Crippen LogP contribution in [0, 0.1) is 12.8 Å². The predicted molar refractivity (Wildman–Crippen MR) is 134 cm³/mol. The lowest BCUT2D eigenvalue weighted by Crippen LogP contribution is -2.23. The number of hydrogen-bond acceptors (Lipinski definition) is 7.